The summed E-state index contributed by atoms with van der Waals surface area (Å²) < 4.78 is 15.2. The molecule has 0 saturated heterocycles. The van der Waals surface area contributed by atoms with Crippen LogP contribution in [0.4, 0.5) is 0 Å². The average Bonchev–Trinajstić information content (AvgIpc) is 2.67. The molecule has 0 atom stereocenters. The monoisotopic (exact) mass is 387 g/mol. The highest BCUT2D eigenvalue weighted by Crippen LogP contribution is 2.39. The maximum absolute atomic E-state index is 12.7. The van der Waals surface area contributed by atoms with Crippen molar-refractivity contribution >= 4 is 17.9 Å². The van der Waals surface area contributed by atoms with E-state index < -0.39 is 23.8 Å². The maximum atomic E-state index is 12.7. The van der Waals surface area contributed by atoms with E-state index in [4.69, 9.17) is 14.2 Å². The van der Waals surface area contributed by atoms with Crippen molar-refractivity contribution in [3.05, 3.63) is 57.9 Å². The fourth-order valence-corrected chi connectivity index (χ4v) is 3.22. The van der Waals surface area contributed by atoms with Gasteiger partial charge in [0.15, 0.2) is 0 Å². The summed E-state index contributed by atoms with van der Waals surface area (Å²) >= 11 is 0. The number of nitrogens with one attached hydrogen (secondary N) is 1. The van der Waals surface area contributed by atoms with E-state index in [9.17, 15) is 14.4 Å². The van der Waals surface area contributed by atoms with Gasteiger partial charge in [-0.2, -0.15) is 0 Å². The molecule has 0 amide bonds. The van der Waals surface area contributed by atoms with E-state index in [1.54, 1.807) is 52.0 Å². The van der Waals surface area contributed by atoms with Gasteiger partial charge in [-0.05, 0) is 45.4 Å². The van der Waals surface area contributed by atoms with Crippen molar-refractivity contribution in [1.29, 1.82) is 0 Å². The fourth-order valence-electron chi connectivity index (χ4n) is 3.22. The topological polar surface area (TPSA) is 90.9 Å². The van der Waals surface area contributed by atoms with Gasteiger partial charge in [0.2, 0.25) is 0 Å². The van der Waals surface area contributed by atoms with Crippen molar-refractivity contribution in [2.45, 2.75) is 33.6 Å². The Morgan fingerprint density at radius 3 is 1.71 bits per heavy atom. The summed E-state index contributed by atoms with van der Waals surface area (Å²) in [7, 11) is 1.30. The molecular weight excluding hydrogens is 362 g/mol. The lowest BCUT2D eigenvalue weighted by molar-refractivity contribution is -0.139. The van der Waals surface area contributed by atoms with Crippen molar-refractivity contribution < 1.29 is 28.6 Å². The summed E-state index contributed by atoms with van der Waals surface area (Å²) in [5, 5.41) is 3.08. The van der Waals surface area contributed by atoms with E-state index in [-0.39, 0.29) is 13.2 Å². The zero-order chi connectivity index (χ0) is 20.8. The highest BCUT2D eigenvalue weighted by atomic mass is 16.5. The van der Waals surface area contributed by atoms with E-state index in [2.05, 4.69) is 5.32 Å². The smallest absolute Gasteiger partial charge is 0.337 e. The van der Waals surface area contributed by atoms with E-state index in [1.165, 1.54) is 7.11 Å². The fraction of sp³-hybridized carbons (Fsp3) is 0.381. The number of hydrogen-bond acceptors (Lipinski definition) is 7. The van der Waals surface area contributed by atoms with Gasteiger partial charge < -0.3 is 19.5 Å². The van der Waals surface area contributed by atoms with Crippen LogP contribution in [-0.2, 0) is 23.8 Å². The summed E-state index contributed by atoms with van der Waals surface area (Å²) in [5.74, 6) is -2.16. The van der Waals surface area contributed by atoms with Crippen LogP contribution < -0.4 is 5.32 Å². The van der Waals surface area contributed by atoms with Gasteiger partial charge >= 0.3 is 17.9 Å². The third kappa shape index (κ3) is 4.24. The molecule has 1 aliphatic heterocycles. The minimum atomic E-state index is -0.675. The number of carbonyl (C=O) groups is 3. The average molecular weight is 387 g/mol. The van der Waals surface area contributed by atoms with Crippen molar-refractivity contribution in [2.24, 2.45) is 0 Å². The Hall–Kier alpha value is -3.09. The highest BCUT2D eigenvalue weighted by molar-refractivity contribution is 6.00. The maximum Gasteiger partial charge on any atom is 0.337 e. The van der Waals surface area contributed by atoms with Crippen molar-refractivity contribution in [2.75, 3.05) is 20.3 Å². The van der Waals surface area contributed by atoms with Gasteiger partial charge in [-0.25, -0.2) is 14.4 Å². The first kappa shape index (κ1) is 21.2. The zero-order valence-corrected chi connectivity index (χ0v) is 16.8. The van der Waals surface area contributed by atoms with Gasteiger partial charge in [0.1, 0.15) is 0 Å². The third-order valence-corrected chi connectivity index (χ3v) is 4.42. The predicted molar refractivity (Wildman–Crippen MR) is 102 cm³/mol. The van der Waals surface area contributed by atoms with Gasteiger partial charge in [-0.1, -0.05) is 12.1 Å². The first-order valence-corrected chi connectivity index (χ1v) is 9.06. The number of allylic oxidation sites excluding steroid dienone is 2. The van der Waals surface area contributed by atoms with E-state index in [1.807, 2.05) is 0 Å². The summed E-state index contributed by atoms with van der Waals surface area (Å²) in [6.45, 7) is 7.37. The molecule has 7 nitrogen and oxygen atoms in total. The van der Waals surface area contributed by atoms with Gasteiger partial charge in [0.05, 0.1) is 43.0 Å². The van der Waals surface area contributed by atoms with Crippen LogP contribution in [0.25, 0.3) is 0 Å². The van der Waals surface area contributed by atoms with Gasteiger partial charge in [-0.15, -0.1) is 0 Å². The molecule has 1 aromatic rings. The number of dihydropyridines is 1. The standard InChI is InChI=1S/C21H25NO6/c1-6-27-20(24)16-12(3)22-13(4)17(21(25)28-7-2)18(16)14-8-10-15(11-9-14)19(23)26-5/h8-11,18,22H,6-7H2,1-5H3. The number of methoxy groups -OCH3 is 1. The number of rotatable bonds is 6. The Balaban J connectivity index is 2.60. The van der Waals surface area contributed by atoms with Crippen LogP contribution >= 0.6 is 0 Å². The molecule has 1 N–H and O–H groups in total. The van der Waals surface area contributed by atoms with E-state index in [0.29, 0.717) is 33.7 Å². The van der Waals surface area contributed by atoms with Crippen molar-refractivity contribution in [3.8, 4) is 0 Å². The van der Waals surface area contributed by atoms with Crippen LogP contribution in [0.3, 0.4) is 0 Å². The van der Waals surface area contributed by atoms with Crippen LogP contribution in [0.15, 0.2) is 46.8 Å². The normalized spacial score (nSPS) is 14.5. The quantitative estimate of drug-likeness (QED) is 0.593. The Morgan fingerprint density at radius 1 is 0.857 bits per heavy atom. The Labute approximate surface area is 164 Å². The van der Waals surface area contributed by atoms with Crippen LogP contribution in [0.5, 0.6) is 0 Å². The van der Waals surface area contributed by atoms with Gasteiger partial charge in [0.25, 0.3) is 0 Å². The second-order valence-electron chi connectivity index (χ2n) is 6.19. The first-order valence-electron chi connectivity index (χ1n) is 9.06. The number of benzene rings is 1. The van der Waals surface area contributed by atoms with Crippen LogP contribution in [-0.4, -0.2) is 38.2 Å². The molecule has 0 spiro atoms. The SMILES string of the molecule is CCOC(=O)C1=C(C)NC(C)=C(C(=O)OCC)C1c1ccc(C(=O)OC)cc1. The lowest BCUT2D eigenvalue weighted by Crippen LogP contribution is -2.32. The molecule has 150 valence electrons. The summed E-state index contributed by atoms with van der Waals surface area (Å²) in [6.07, 6.45) is 0. The molecule has 2 rings (SSSR count). The number of ether oxygens (including phenoxy) is 3. The molecular formula is C21H25NO6. The molecule has 1 aliphatic rings. The number of hydrogen-bond donors (Lipinski definition) is 1. The third-order valence-electron chi connectivity index (χ3n) is 4.42. The molecule has 0 radical (unpaired) electrons. The molecule has 0 aliphatic carbocycles. The second-order valence-corrected chi connectivity index (χ2v) is 6.19. The van der Waals surface area contributed by atoms with Gasteiger partial charge in [0, 0.05) is 11.4 Å². The van der Waals surface area contributed by atoms with E-state index in [0.717, 1.165) is 0 Å². The Kier molecular flexibility index (Phi) is 6.98. The van der Waals surface area contributed by atoms with Crippen LogP contribution in [0.1, 0.15) is 49.5 Å². The zero-order valence-electron chi connectivity index (χ0n) is 16.8. The lowest BCUT2D eigenvalue weighted by Gasteiger charge is -2.30. The van der Waals surface area contributed by atoms with E-state index >= 15 is 0 Å². The summed E-state index contributed by atoms with van der Waals surface area (Å²) in [6, 6.07) is 6.58. The molecule has 0 aromatic heterocycles. The minimum absolute atomic E-state index is 0.209. The lowest BCUT2D eigenvalue weighted by atomic mass is 9.80. The molecule has 0 fully saturated rings. The largest absolute Gasteiger partial charge is 0.465 e. The summed E-state index contributed by atoms with van der Waals surface area (Å²) in [4.78, 5) is 37.1. The molecule has 0 unspecified atom stereocenters. The molecule has 1 aromatic carbocycles. The highest BCUT2D eigenvalue weighted by Gasteiger charge is 2.37. The Bertz CT molecular complexity index is 795. The number of carbonyl (C=O) groups excluding carboxylic acids is 3. The summed E-state index contributed by atoms with van der Waals surface area (Å²) in [5.41, 5.74) is 2.91. The molecule has 28 heavy (non-hydrogen) atoms. The molecule has 0 saturated carbocycles. The first-order chi connectivity index (χ1) is 13.3. The van der Waals surface area contributed by atoms with Crippen molar-refractivity contribution in [1.82, 2.24) is 5.32 Å². The molecule has 1 heterocycles. The van der Waals surface area contributed by atoms with Crippen molar-refractivity contribution in [3.63, 3.8) is 0 Å². The molecule has 0 bridgehead atoms. The Morgan fingerprint density at radius 2 is 1.32 bits per heavy atom. The minimum Gasteiger partial charge on any atom is -0.465 e. The molecule has 7 heteroatoms. The van der Waals surface area contributed by atoms with Gasteiger partial charge in [-0.3, -0.25) is 0 Å². The van der Waals surface area contributed by atoms with Crippen LogP contribution in [0, 0.1) is 0 Å². The second kappa shape index (κ2) is 9.21. The number of esters is 3. The predicted octanol–water partition coefficient (Wildman–Crippen LogP) is 2.83. The van der Waals surface area contributed by atoms with Crippen LogP contribution in [0.2, 0.25) is 0 Å².